The number of nitrogens with one attached hydrogen (secondary N) is 1. The molecule has 1 aromatic rings. The molecule has 0 aromatic heterocycles. The molecule has 3 N–H and O–H groups in total. The molecule has 1 rings (SSSR count). The van der Waals surface area contributed by atoms with E-state index in [1.165, 1.54) is 6.07 Å². The zero-order valence-electron chi connectivity index (χ0n) is 8.07. The van der Waals surface area contributed by atoms with Gasteiger partial charge in [0.1, 0.15) is 0 Å². The van der Waals surface area contributed by atoms with E-state index in [1.807, 2.05) is 6.07 Å². The van der Waals surface area contributed by atoms with E-state index in [2.05, 4.69) is 21.2 Å². The fraction of sp³-hybridized carbons (Fsp3) is 0.333. The highest BCUT2D eigenvalue weighted by Crippen LogP contribution is 2.27. The average molecular weight is 274 g/mol. The molecule has 0 amide bonds. The molecule has 0 spiro atoms. The van der Waals surface area contributed by atoms with Crippen LogP contribution in [0.2, 0.25) is 0 Å². The van der Waals surface area contributed by atoms with Crippen LogP contribution in [0.4, 0.5) is 5.69 Å². The van der Waals surface area contributed by atoms with Crippen molar-refractivity contribution in [2.75, 3.05) is 13.1 Å². The lowest BCUT2D eigenvalue weighted by Gasteiger charge is -2.05. The summed E-state index contributed by atoms with van der Waals surface area (Å²) < 4.78 is 0.527. The van der Waals surface area contributed by atoms with Crippen molar-refractivity contribution in [3.63, 3.8) is 0 Å². The van der Waals surface area contributed by atoms with Crippen molar-refractivity contribution in [2.24, 2.45) is 5.73 Å². The summed E-state index contributed by atoms with van der Waals surface area (Å²) >= 11 is 3.22. The summed E-state index contributed by atoms with van der Waals surface area (Å²) in [5.41, 5.74) is 6.27. The fourth-order valence-corrected chi connectivity index (χ4v) is 1.72. The number of hydrogen-bond acceptors (Lipinski definition) is 4. The highest BCUT2D eigenvalue weighted by molar-refractivity contribution is 9.10. The lowest BCUT2D eigenvalue weighted by molar-refractivity contribution is -0.385. The van der Waals surface area contributed by atoms with Crippen LogP contribution in [0.15, 0.2) is 22.7 Å². The first kappa shape index (κ1) is 12.1. The smallest absolute Gasteiger partial charge is 0.283 e. The molecule has 0 aliphatic heterocycles. The van der Waals surface area contributed by atoms with Gasteiger partial charge in [-0.25, -0.2) is 0 Å². The molecule has 15 heavy (non-hydrogen) atoms. The van der Waals surface area contributed by atoms with Gasteiger partial charge in [0.25, 0.3) is 5.69 Å². The largest absolute Gasteiger partial charge is 0.329 e. The van der Waals surface area contributed by atoms with E-state index in [0.717, 1.165) is 5.56 Å². The standard InChI is InChI=1S/C9H12BrN3O2/c10-9-7(6-12-5-4-11)2-1-3-8(9)13(14)15/h1-3,12H,4-6,11H2. The maximum atomic E-state index is 10.6. The summed E-state index contributed by atoms with van der Waals surface area (Å²) in [5, 5.41) is 13.7. The van der Waals surface area contributed by atoms with Gasteiger partial charge in [0.2, 0.25) is 0 Å². The quantitative estimate of drug-likeness (QED) is 0.483. The van der Waals surface area contributed by atoms with Gasteiger partial charge in [-0.15, -0.1) is 0 Å². The molecular weight excluding hydrogens is 262 g/mol. The number of halogens is 1. The molecule has 5 nitrogen and oxygen atoms in total. The van der Waals surface area contributed by atoms with E-state index in [4.69, 9.17) is 5.73 Å². The van der Waals surface area contributed by atoms with Crippen LogP contribution in [0.1, 0.15) is 5.56 Å². The lowest BCUT2D eigenvalue weighted by atomic mass is 10.2. The van der Waals surface area contributed by atoms with Crippen molar-refractivity contribution >= 4 is 21.6 Å². The van der Waals surface area contributed by atoms with Crippen LogP contribution in [-0.4, -0.2) is 18.0 Å². The first-order valence-electron chi connectivity index (χ1n) is 4.49. The van der Waals surface area contributed by atoms with Crippen molar-refractivity contribution in [2.45, 2.75) is 6.54 Å². The van der Waals surface area contributed by atoms with E-state index in [-0.39, 0.29) is 5.69 Å². The second-order valence-corrected chi connectivity index (χ2v) is 3.77. The molecular formula is C9H12BrN3O2. The molecule has 0 aliphatic carbocycles. The summed E-state index contributed by atoms with van der Waals surface area (Å²) in [7, 11) is 0. The van der Waals surface area contributed by atoms with Crippen LogP contribution in [-0.2, 0) is 6.54 Å². The van der Waals surface area contributed by atoms with Gasteiger partial charge in [-0.3, -0.25) is 10.1 Å². The third kappa shape index (κ3) is 3.26. The topological polar surface area (TPSA) is 81.2 Å². The predicted molar refractivity (Wildman–Crippen MR) is 61.6 cm³/mol. The molecule has 6 heteroatoms. The van der Waals surface area contributed by atoms with Crippen LogP contribution in [0.5, 0.6) is 0 Å². The van der Waals surface area contributed by atoms with Crippen molar-refractivity contribution < 1.29 is 4.92 Å². The molecule has 0 radical (unpaired) electrons. The van der Waals surface area contributed by atoms with E-state index >= 15 is 0 Å². The second kappa shape index (κ2) is 5.79. The number of nitrogens with zero attached hydrogens (tertiary/aromatic N) is 1. The number of nitrogens with two attached hydrogens (primary N) is 1. The monoisotopic (exact) mass is 273 g/mol. The van der Waals surface area contributed by atoms with Crippen molar-refractivity contribution in [1.82, 2.24) is 5.32 Å². The van der Waals surface area contributed by atoms with Crippen LogP contribution in [0.25, 0.3) is 0 Å². The van der Waals surface area contributed by atoms with Crippen LogP contribution in [0.3, 0.4) is 0 Å². The Balaban J connectivity index is 2.80. The number of benzene rings is 1. The van der Waals surface area contributed by atoms with Crippen molar-refractivity contribution in [1.29, 1.82) is 0 Å². The van der Waals surface area contributed by atoms with Gasteiger partial charge in [-0.1, -0.05) is 12.1 Å². The van der Waals surface area contributed by atoms with Crippen molar-refractivity contribution in [3.8, 4) is 0 Å². The van der Waals surface area contributed by atoms with Crippen LogP contribution < -0.4 is 11.1 Å². The Hall–Kier alpha value is -0.980. The minimum Gasteiger partial charge on any atom is -0.329 e. The molecule has 0 heterocycles. The second-order valence-electron chi connectivity index (χ2n) is 2.97. The Bertz CT molecular complexity index is 357. The Kier molecular flexibility index (Phi) is 4.67. The molecule has 0 fully saturated rings. The number of nitro groups is 1. The predicted octanol–water partition coefficient (Wildman–Crippen LogP) is 1.41. The highest BCUT2D eigenvalue weighted by atomic mass is 79.9. The van der Waals surface area contributed by atoms with E-state index in [0.29, 0.717) is 24.1 Å². The molecule has 0 unspecified atom stereocenters. The Morgan fingerprint density at radius 2 is 2.27 bits per heavy atom. The van der Waals surface area contributed by atoms with Gasteiger partial charge in [-0.05, 0) is 21.5 Å². The normalized spacial score (nSPS) is 10.3. The molecule has 0 saturated carbocycles. The van der Waals surface area contributed by atoms with Gasteiger partial charge < -0.3 is 11.1 Å². The summed E-state index contributed by atoms with van der Waals surface area (Å²) in [6.07, 6.45) is 0. The van der Waals surface area contributed by atoms with Crippen LogP contribution in [0, 0.1) is 10.1 Å². The van der Waals surface area contributed by atoms with E-state index < -0.39 is 4.92 Å². The molecule has 1 aromatic carbocycles. The van der Waals surface area contributed by atoms with Gasteiger partial charge in [0, 0.05) is 25.7 Å². The number of hydrogen-bond donors (Lipinski definition) is 2. The average Bonchev–Trinajstić information content (AvgIpc) is 2.20. The molecule has 0 bridgehead atoms. The van der Waals surface area contributed by atoms with Gasteiger partial charge in [-0.2, -0.15) is 0 Å². The number of rotatable bonds is 5. The third-order valence-corrected chi connectivity index (χ3v) is 2.81. The van der Waals surface area contributed by atoms with E-state index in [1.54, 1.807) is 6.07 Å². The summed E-state index contributed by atoms with van der Waals surface area (Å²) in [6, 6.07) is 4.97. The molecule has 0 saturated heterocycles. The fourth-order valence-electron chi connectivity index (χ4n) is 1.17. The maximum absolute atomic E-state index is 10.6. The molecule has 0 atom stereocenters. The Morgan fingerprint density at radius 1 is 1.53 bits per heavy atom. The van der Waals surface area contributed by atoms with Gasteiger partial charge in [0.05, 0.1) is 9.40 Å². The van der Waals surface area contributed by atoms with Gasteiger partial charge in [0.15, 0.2) is 0 Å². The lowest BCUT2D eigenvalue weighted by Crippen LogP contribution is -2.22. The van der Waals surface area contributed by atoms with E-state index in [9.17, 15) is 10.1 Å². The number of nitro benzene ring substituents is 1. The summed E-state index contributed by atoms with van der Waals surface area (Å²) in [4.78, 5) is 10.2. The molecule has 0 aliphatic rings. The minimum atomic E-state index is -0.406. The summed E-state index contributed by atoms with van der Waals surface area (Å²) in [5.74, 6) is 0. The first-order valence-corrected chi connectivity index (χ1v) is 5.28. The minimum absolute atomic E-state index is 0.0852. The zero-order chi connectivity index (χ0) is 11.3. The first-order chi connectivity index (χ1) is 7.16. The Labute approximate surface area is 95.9 Å². The van der Waals surface area contributed by atoms with Crippen molar-refractivity contribution in [3.05, 3.63) is 38.3 Å². The highest BCUT2D eigenvalue weighted by Gasteiger charge is 2.13. The van der Waals surface area contributed by atoms with Crippen LogP contribution >= 0.6 is 15.9 Å². The Morgan fingerprint density at radius 3 is 2.87 bits per heavy atom. The third-order valence-electron chi connectivity index (χ3n) is 1.89. The zero-order valence-corrected chi connectivity index (χ0v) is 9.66. The SMILES string of the molecule is NCCNCc1cccc([N+](=O)[O-])c1Br. The molecule has 82 valence electrons. The maximum Gasteiger partial charge on any atom is 0.283 e. The van der Waals surface area contributed by atoms with Gasteiger partial charge >= 0.3 is 0 Å². The summed E-state index contributed by atoms with van der Waals surface area (Å²) in [6.45, 7) is 1.81.